The smallest absolute Gasteiger partial charge is 0.326 e. The number of carboxylic acid groups (broad SMARTS) is 2. The van der Waals surface area contributed by atoms with Gasteiger partial charge in [0.05, 0.1) is 18.8 Å². The number of unbranched alkanes of at least 4 members (excludes halogenated alkanes) is 1. The molecule has 0 bridgehead atoms. The van der Waals surface area contributed by atoms with E-state index in [1.54, 1.807) is 0 Å². The molecule has 4 atom stereocenters. The van der Waals surface area contributed by atoms with Gasteiger partial charge >= 0.3 is 11.9 Å². The number of carboxylic acids is 2. The summed E-state index contributed by atoms with van der Waals surface area (Å²) >= 11 is 0. The van der Waals surface area contributed by atoms with Crippen molar-refractivity contribution in [2.24, 2.45) is 17.2 Å². The SMILES string of the molecule is NCCCCC(NC(=O)C(Cc1cnc[nH]1)NC(=O)C(CC(N)=O)NC(=O)C(N)CCC(=O)O)C(=O)O. The maximum absolute atomic E-state index is 13.0. The number of amides is 4. The summed E-state index contributed by atoms with van der Waals surface area (Å²) in [6.07, 6.45) is 2.46. The Kier molecular flexibility index (Phi) is 13.3. The topological polar surface area (TPSA) is 286 Å². The first kappa shape index (κ1) is 31.0. The third-order valence-electron chi connectivity index (χ3n) is 5.22. The summed E-state index contributed by atoms with van der Waals surface area (Å²) in [5, 5.41) is 25.2. The van der Waals surface area contributed by atoms with Crippen molar-refractivity contribution in [1.82, 2.24) is 25.9 Å². The van der Waals surface area contributed by atoms with E-state index in [2.05, 4.69) is 25.9 Å². The number of imidazole rings is 1. The third-order valence-corrected chi connectivity index (χ3v) is 5.22. The first-order valence-electron chi connectivity index (χ1n) is 11.5. The Balaban J connectivity index is 3.02. The van der Waals surface area contributed by atoms with E-state index in [4.69, 9.17) is 22.3 Å². The summed E-state index contributed by atoms with van der Waals surface area (Å²) in [4.78, 5) is 78.7. The van der Waals surface area contributed by atoms with E-state index in [1.807, 2.05) is 0 Å². The predicted octanol–water partition coefficient (Wildman–Crippen LogP) is -3.31. The van der Waals surface area contributed by atoms with Crippen LogP contribution in [0.3, 0.4) is 0 Å². The lowest BCUT2D eigenvalue weighted by Gasteiger charge is -2.24. The Morgan fingerprint density at radius 1 is 0.919 bits per heavy atom. The van der Waals surface area contributed by atoms with E-state index >= 15 is 0 Å². The number of H-pyrrole nitrogens is 1. The molecule has 0 aliphatic carbocycles. The molecule has 4 unspecified atom stereocenters. The zero-order valence-corrected chi connectivity index (χ0v) is 20.1. The maximum atomic E-state index is 13.0. The summed E-state index contributed by atoms with van der Waals surface area (Å²) in [6.45, 7) is 0.353. The molecule has 1 aromatic heterocycles. The number of aromatic amines is 1. The zero-order chi connectivity index (χ0) is 28.0. The minimum absolute atomic E-state index is 0.109. The van der Waals surface area contributed by atoms with Gasteiger partial charge in [0.2, 0.25) is 23.6 Å². The van der Waals surface area contributed by atoms with Gasteiger partial charge in [-0.1, -0.05) is 0 Å². The molecule has 0 radical (unpaired) electrons. The Labute approximate surface area is 212 Å². The number of rotatable bonds is 18. The fourth-order valence-electron chi connectivity index (χ4n) is 3.22. The first-order chi connectivity index (χ1) is 17.4. The predicted molar refractivity (Wildman–Crippen MR) is 127 cm³/mol. The second-order valence-electron chi connectivity index (χ2n) is 8.30. The average molecular weight is 527 g/mol. The number of nitrogens with zero attached hydrogens (tertiary/aromatic N) is 1. The molecule has 0 aromatic carbocycles. The van der Waals surface area contributed by atoms with Crippen molar-refractivity contribution in [2.45, 2.75) is 69.1 Å². The van der Waals surface area contributed by atoms with Crippen LogP contribution in [0, 0.1) is 0 Å². The largest absolute Gasteiger partial charge is 0.481 e. The number of hydrogen-bond acceptors (Lipinski definition) is 9. The lowest BCUT2D eigenvalue weighted by Crippen LogP contribution is -2.58. The fourth-order valence-corrected chi connectivity index (χ4v) is 3.22. The van der Waals surface area contributed by atoms with Gasteiger partial charge in [0.15, 0.2) is 0 Å². The van der Waals surface area contributed by atoms with Crippen LogP contribution in [-0.4, -0.2) is 86.5 Å². The van der Waals surface area contributed by atoms with Gasteiger partial charge in [-0.25, -0.2) is 9.78 Å². The van der Waals surface area contributed by atoms with Gasteiger partial charge in [-0.2, -0.15) is 0 Å². The molecule has 0 saturated carbocycles. The quantitative estimate of drug-likeness (QED) is 0.0853. The molecule has 4 amide bonds. The first-order valence-corrected chi connectivity index (χ1v) is 11.5. The van der Waals surface area contributed by atoms with Crippen LogP contribution >= 0.6 is 0 Å². The van der Waals surface area contributed by atoms with Crippen molar-refractivity contribution < 1.29 is 39.0 Å². The van der Waals surface area contributed by atoms with Crippen LogP contribution in [0.1, 0.15) is 44.2 Å². The fraction of sp³-hybridized carbons (Fsp3) is 0.571. The van der Waals surface area contributed by atoms with E-state index in [9.17, 15) is 33.9 Å². The summed E-state index contributed by atoms with van der Waals surface area (Å²) in [5.74, 6) is -6.09. The summed E-state index contributed by atoms with van der Waals surface area (Å²) in [7, 11) is 0. The number of nitrogens with two attached hydrogens (primary N) is 3. The molecule has 0 spiro atoms. The van der Waals surface area contributed by atoms with Gasteiger partial charge in [0.25, 0.3) is 0 Å². The summed E-state index contributed by atoms with van der Waals surface area (Å²) in [5.41, 5.74) is 16.7. The highest BCUT2D eigenvalue weighted by atomic mass is 16.4. The molecule has 0 aliphatic heterocycles. The number of carbonyl (C=O) groups is 6. The molecule has 0 fully saturated rings. The Morgan fingerprint density at radius 3 is 2.08 bits per heavy atom. The number of aromatic nitrogens is 2. The Hall–Kier alpha value is -4.05. The standard InChI is InChI=1S/C21H34N8O8/c22-6-2-1-3-13(21(36)37)27-19(34)14(7-11-9-25-10-26-11)29-20(35)15(8-16(24)30)28-18(33)12(23)4-5-17(31)32/h9-10,12-15H,1-8,22-23H2,(H2,24,30)(H,25,26)(H,27,34)(H,28,33)(H,29,35)(H,31,32)(H,36,37). The lowest BCUT2D eigenvalue weighted by atomic mass is 10.1. The molecule has 0 saturated heterocycles. The highest BCUT2D eigenvalue weighted by Gasteiger charge is 2.31. The molecule has 1 heterocycles. The summed E-state index contributed by atoms with van der Waals surface area (Å²) < 4.78 is 0. The van der Waals surface area contributed by atoms with Crippen LogP contribution in [-0.2, 0) is 35.2 Å². The third kappa shape index (κ3) is 12.0. The molecule has 12 N–H and O–H groups in total. The lowest BCUT2D eigenvalue weighted by molar-refractivity contribution is -0.142. The van der Waals surface area contributed by atoms with Gasteiger partial charge < -0.3 is 48.3 Å². The minimum Gasteiger partial charge on any atom is -0.481 e. The molecular formula is C21H34N8O8. The van der Waals surface area contributed by atoms with E-state index in [0.717, 1.165) is 0 Å². The second kappa shape index (κ2) is 15.8. The van der Waals surface area contributed by atoms with Crippen molar-refractivity contribution >= 4 is 35.6 Å². The van der Waals surface area contributed by atoms with Crippen LogP contribution < -0.4 is 33.2 Å². The van der Waals surface area contributed by atoms with E-state index in [1.165, 1.54) is 12.5 Å². The van der Waals surface area contributed by atoms with Crippen LogP contribution in [0.25, 0.3) is 0 Å². The number of hydrogen-bond donors (Lipinski definition) is 9. The Morgan fingerprint density at radius 2 is 1.54 bits per heavy atom. The van der Waals surface area contributed by atoms with Gasteiger partial charge in [-0.05, 0) is 32.2 Å². The molecule has 16 heteroatoms. The summed E-state index contributed by atoms with van der Waals surface area (Å²) in [6, 6.07) is -5.38. The number of aliphatic carboxylic acids is 2. The number of carbonyl (C=O) groups excluding carboxylic acids is 4. The van der Waals surface area contributed by atoms with Gasteiger partial charge in [-0.3, -0.25) is 24.0 Å². The van der Waals surface area contributed by atoms with Gasteiger partial charge in [-0.15, -0.1) is 0 Å². The van der Waals surface area contributed by atoms with Crippen molar-refractivity contribution in [1.29, 1.82) is 0 Å². The van der Waals surface area contributed by atoms with E-state index in [0.29, 0.717) is 25.1 Å². The molecule has 1 rings (SSSR count). The van der Waals surface area contributed by atoms with Gasteiger partial charge in [0.1, 0.15) is 18.1 Å². The van der Waals surface area contributed by atoms with Crippen LogP contribution in [0.2, 0.25) is 0 Å². The molecular weight excluding hydrogens is 492 g/mol. The average Bonchev–Trinajstić information content (AvgIpc) is 3.33. The van der Waals surface area contributed by atoms with Crippen molar-refractivity contribution in [3.05, 3.63) is 18.2 Å². The molecule has 206 valence electrons. The van der Waals surface area contributed by atoms with Crippen LogP contribution in [0.5, 0.6) is 0 Å². The second-order valence-corrected chi connectivity index (χ2v) is 8.30. The number of nitrogens with one attached hydrogen (secondary N) is 4. The van der Waals surface area contributed by atoms with Crippen LogP contribution in [0.4, 0.5) is 0 Å². The minimum atomic E-state index is -1.53. The van der Waals surface area contributed by atoms with Crippen molar-refractivity contribution in [3.8, 4) is 0 Å². The molecule has 16 nitrogen and oxygen atoms in total. The van der Waals surface area contributed by atoms with E-state index in [-0.39, 0.29) is 19.3 Å². The monoisotopic (exact) mass is 526 g/mol. The molecule has 0 aliphatic rings. The van der Waals surface area contributed by atoms with Crippen molar-refractivity contribution in [3.63, 3.8) is 0 Å². The molecule has 37 heavy (non-hydrogen) atoms. The van der Waals surface area contributed by atoms with Gasteiger partial charge in [0, 0.05) is 24.7 Å². The normalized spacial score (nSPS) is 14.0. The highest BCUT2D eigenvalue weighted by molar-refractivity contribution is 5.96. The maximum Gasteiger partial charge on any atom is 0.326 e. The highest BCUT2D eigenvalue weighted by Crippen LogP contribution is 2.06. The Bertz CT molecular complexity index is 939. The number of primary amides is 1. The zero-order valence-electron chi connectivity index (χ0n) is 20.1. The van der Waals surface area contributed by atoms with E-state index < -0.39 is 72.6 Å². The van der Waals surface area contributed by atoms with Crippen molar-refractivity contribution in [2.75, 3.05) is 6.54 Å². The molecule has 1 aromatic rings. The van der Waals surface area contributed by atoms with Crippen LogP contribution in [0.15, 0.2) is 12.5 Å².